The fraction of sp³-hybridized carbons (Fsp3) is 0.562. The number of aryl methyl sites for hydroxylation is 1. The zero-order valence-corrected chi connectivity index (χ0v) is 16.0. The van der Waals surface area contributed by atoms with Crippen molar-refractivity contribution in [3.05, 3.63) is 17.3 Å². The van der Waals surface area contributed by atoms with Crippen LogP contribution in [0.5, 0.6) is 0 Å². The van der Waals surface area contributed by atoms with Crippen LogP contribution in [0.15, 0.2) is 20.2 Å². The number of thiophene rings is 1. The molecule has 4 rings (SSSR count). The maximum absolute atomic E-state index is 12.9. The maximum atomic E-state index is 12.9. The second-order valence-electron chi connectivity index (χ2n) is 6.75. The van der Waals surface area contributed by atoms with Gasteiger partial charge in [-0.2, -0.15) is 9.29 Å². The first kappa shape index (κ1) is 17.6. The first-order valence-corrected chi connectivity index (χ1v) is 11.0. The summed E-state index contributed by atoms with van der Waals surface area (Å²) in [5.74, 6) is 0.788. The number of nitrogens with zero attached hydrogens (tertiary/aromatic N) is 3. The monoisotopic (exact) mass is 396 g/mol. The van der Waals surface area contributed by atoms with Gasteiger partial charge in [-0.1, -0.05) is 5.16 Å². The zero-order chi connectivity index (χ0) is 18.3. The highest BCUT2D eigenvalue weighted by Gasteiger charge is 2.34. The highest BCUT2D eigenvalue weighted by atomic mass is 32.2. The van der Waals surface area contributed by atoms with E-state index in [0.717, 1.165) is 24.2 Å². The minimum atomic E-state index is -3.57. The Morgan fingerprint density at radius 3 is 2.65 bits per heavy atom. The Balaban J connectivity index is 1.42. The van der Waals surface area contributed by atoms with E-state index in [9.17, 15) is 13.2 Å². The molecular weight excluding hydrogens is 376 g/mol. The van der Waals surface area contributed by atoms with Crippen LogP contribution < -0.4 is 5.32 Å². The molecule has 8 nitrogen and oxygen atoms in total. The number of amides is 1. The van der Waals surface area contributed by atoms with E-state index in [1.54, 1.807) is 18.4 Å². The molecule has 3 heterocycles. The lowest BCUT2D eigenvalue weighted by Crippen LogP contribution is -2.43. The number of aromatic nitrogens is 2. The average Bonchev–Trinajstić information content (AvgIpc) is 3.11. The van der Waals surface area contributed by atoms with Gasteiger partial charge in [0.25, 0.3) is 10.0 Å². The van der Waals surface area contributed by atoms with Crippen LogP contribution in [0.2, 0.25) is 0 Å². The van der Waals surface area contributed by atoms with Crippen LogP contribution in [0.1, 0.15) is 31.6 Å². The Morgan fingerprint density at radius 2 is 2.04 bits per heavy atom. The molecule has 26 heavy (non-hydrogen) atoms. The normalized spacial score (nSPS) is 19.6. The molecule has 0 radical (unpaired) electrons. The largest absolute Gasteiger partial charge is 0.353 e. The minimum Gasteiger partial charge on any atom is -0.353 e. The Kier molecular flexibility index (Phi) is 4.57. The molecule has 1 aliphatic carbocycles. The lowest BCUT2D eigenvalue weighted by molar-refractivity contribution is -0.126. The molecule has 2 aromatic heterocycles. The van der Waals surface area contributed by atoms with Crippen LogP contribution in [0.25, 0.3) is 11.4 Å². The third-order valence-electron chi connectivity index (χ3n) is 4.70. The molecule has 1 saturated heterocycles. The smallest absolute Gasteiger partial charge is 0.252 e. The molecule has 140 valence electrons. The summed E-state index contributed by atoms with van der Waals surface area (Å²) in [6.45, 7) is 2.41. The minimum absolute atomic E-state index is 0.0652. The van der Waals surface area contributed by atoms with Crippen molar-refractivity contribution >= 4 is 27.3 Å². The molecule has 0 spiro atoms. The number of sulfonamides is 1. The van der Waals surface area contributed by atoms with Gasteiger partial charge in [-0.05, 0) is 31.7 Å². The van der Waals surface area contributed by atoms with E-state index < -0.39 is 10.0 Å². The first-order valence-electron chi connectivity index (χ1n) is 8.63. The van der Waals surface area contributed by atoms with Crippen LogP contribution in [0, 0.1) is 12.8 Å². The van der Waals surface area contributed by atoms with Gasteiger partial charge >= 0.3 is 0 Å². The van der Waals surface area contributed by atoms with E-state index in [0.29, 0.717) is 49.3 Å². The standard InChI is InChI=1S/C16H20N4O4S2/c1-10-17-15(19-24-10)12-8-14(25-9-12)26(22,23)20-6-4-11(5-7-20)16(21)18-13-2-3-13/h8-9,11,13H,2-7H2,1H3,(H,18,21). The van der Waals surface area contributed by atoms with E-state index in [4.69, 9.17) is 4.52 Å². The fourth-order valence-electron chi connectivity index (χ4n) is 3.02. The van der Waals surface area contributed by atoms with Gasteiger partial charge in [0.1, 0.15) is 4.21 Å². The molecule has 2 fully saturated rings. The SMILES string of the molecule is Cc1nc(-c2csc(S(=O)(=O)N3CCC(C(=O)NC4CC4)CC3)c2)no1. The summed E-state index contributed by atoms with van der Waals surface area (Å²) in [4.78, 5) is 16.3. The highest BCUT2D eigenvalue weighted by Crippen LogP contribution is 2.31. The molecule has 1 amide bonds. The van der Waals surface area contributed by atoms with Crippen LogP contribution in [0.4, 0.5) is 0 Å². The lowest BCUT2D eigenvalue weighted by atomic mass is 9.97. The van der Waals surface area contributed by atoms with E-state index in [1.807, 2.05) is 0 Å². The second-order valence-corrected chi connectivity index (χ2v) is 9.83. The van der Waals surface area contributed by atoms with Gasteiger partial charge in [-0.3, -0.25) is 4.79 Å². The summed E-state index contributed by atoms with van der Waals surface area (Å²) in [7, 11) is -3.57. The molecule has 2 aromatic rings. The van der Waals surface area contributed by atoms with Gasteiger partial charge < -0.3 is 9.84 Å². The Labute approximate surface area is 155 Å². The number of nitrogens with one attached hydrogen (secondary N) is 1. The zero-order valence-electron chi connectivity index (χ0n) is 14.3. The molecule has 0 atom stereocenters. The lowest BCUT2D eigenvalue weighted by Gasteiger charge is -2.30. The predicted octanol–water partition coefficient (Wildman–Crippen LogP) is 1.79. The van der Waals surface area contributed by atoms with Crippen molar-refractivity contribution in [1.29, 1.82) is 0 Å². The van der Waals surface area contributed by atoms with Gasteiger partial charge in [0.2, 0.25) is 17.6 Å². The quantitative estimate of drug-likeness (QED) is 0.826. The summed E-state index contributed by atoms with van der Waals surface area (Å²) in [6, 6.07) is 1.92. The van der Waals surface area contributed by atoms with Gasteiger partial charge in [-0.15, -0.1) is 11.3 Å². The topological polar surface area (TPSA) is 105 Å². The van der Waals surface area contributed by atoms with Crippen LogP contribution in [0.3, 0.4) is 0 Å². The predicted molar refractivity (Wildman–Crippen MR) is 95.0 cm³/mol. The number of carbonyl (C=O) groups is 1. The third-order valence-corrected chi connectivity index (χ3v) is 8.02. The number of hydrogen-bond acceptors (Lipinski definition) is 7. The van der Waals surface area contributed by atoms with Crippen LogP contribution >= 0.6 is 11.3 Å². The second kappa shape index (κ2) is 6.75. The molecule has 10 heteroatoms. The molecule has 1 aliphatic heterocycles. The summed E-state index contributed by atoms with van der Waals surface area (Å²) in [6.07, 6.45) is 3.22. The fourth-order valence-corrected chi connectivity index (χ4v) is 5.80. The molecular formula is C16H20N4O4S2. The number of carbonyl (C=O) groups excluding carboxylic acids is 1. The van der Waals surface area contributed by atoms with Crippen LogP contribution in [-0.4, -0.2) is 47.9 Å². The molecule has 1 N–H and O–H groups in total. The maximum Gasteiger partial charge on any atom is 0.252 e. The van der Waals surface area contributed by atoms with Gasteiger partial charge in [0.05, 0.1) is 0 Å². The van der Waals surface area contributed by atoms with E-state index in [2.05, 4.69) is 15.5 Å². The molecule has 1 saturated carbocycles. The van der Waals surface area contributed by atoms with Crippen molar-refractivity contribution in [2.24, 2.45) is 5.92 Å². The van der Waals surface area contributed by atoms with Gasteiger partial charge in [-0.25, -0.2) is 8.42 Å². The Morgan fingerprint density at radius 1 is 1.31 bits per heavy atom. The van der Waals surface area contributed by atoms with E-state index in [-0.39, 0.29) is 16.0 Å². The molecule has 2 aliphatic rings. The summed E-state index contributed by atoms with van der Waals surface area (Å²) < 4.78 is 32.4. The number of piperidine rings is 1. The average molecular weight is 396 g/mol. The first-order chi connectivity index (χ1) is 12.4. The van der Waals surface area contributed by atoms with Crippen molar-refractivity contribution in [3.8, 4) is 11.4 Å². The molecule has 0 unspecified atom stereocenters. The number of hydrogen-bond donors (Lipinski definition) is 1. The van der Waals surface area contributed by atoms with Crippen molar-refractivity contribution in [3.63, 3.8) is 0 Å². The van der Waals surface area contributed by atoms with Crippen molar-refractivity contribution in [1.82, 2.24) is 19.8 Å². The van der Waals surface area contributed by atoms with Crippen molar-refractivity contribution in [2.75, 3.05) is 13.1 Å². The van der Waals surface area contributed by atoms with Gasteiger partial charge in [0, 0.05) is 42.9 Å². The summed E-state index contributed by atoms with van der Waals surface area (Å²) in [5, 5.41) is 8.54. The van der Waals surface area contributed by atoms with Crippen LogP contribution in [-0.2, 0) is 14.8 Å². The summed E-state index contributed by atoms with van der Waals surface area (Å²) in [5.41, 5.74) is 0.629. The van der Waals surface area contributed by atoms with E-state index in [1.165, 1.54) is 4.31 Å². The summed E-state index contributed by atoms with van der Waals surface area (Å²) >= 11 is 1.15. The molecule has 0 bridgehead atoms. The van der Waals surface area contributed by atoms with Gasteiger partial charge in [0.15, 0.2) is 0 Å². The van der Waals surface area contributed by atoms with E-state index >= 15 is 0 Å². The Hall–Kier alpha value is -1.78. The van der Waals surface area contributed by atoms with Crippen molar-refractivity contribution in [2.45, 2.75) is 42.9 Å². The molecule has 0 aromatic carbocycles. The Bertz CT molecular complexity index is 908. The highest BCUT2D eigenvalue weighted by molar-refractivity contribution is 7.91. The van der Waals surface area contributed by atoms with Crippen molar-refractivity contribution < 1.29 is 17.7 Å². The number of rotatable bonds is 5. The third kappa shape index (κ3) is 3.53.